The molecule has 2 unspecified atom stereocenters. The Morgan fingerprint density at radius 3 is 2.08 bits per heavy atom. The summed E-state index contributed by atoms with van der Waals surface area (Å²) in [5.41, 5.74) is -3.07. The van der Waals surface area contributed by atoms with Gasteiger partial charge in [0.25, 0.3) is 5.56 Å². The number of rotatable bonds is 24. The predicted octanol–water partition coefficient (Wildman–Crippen LogP) is 4.40. The summed E-state index contributed by atoms with van der Waals surface area (Å²) in [5.74, 6) is -2.25. The Morgan fingerprint density at radius 1 is 0.887 bits per heavy atom. The fraction of sp³-hybridized carbons (Fsp3) is 0.765. The Hall–Kier alpha value is -2.83. The molecule has 7 atom stereocenters. The molecule has 0 spiro atoms. The van der Waals surface area contributed by atoms with Crippen LogP contribution in [0.5, 0.6) is 0 Å². The van der Waals surface area contributed by atoms with Gasteiger partial charge < -0.3 is 29.9 Å². The summed E-state index contributed by atoms with van der Waals surface area (Å²) >= 11 is 0. The zero-order valence-corrected chi connectivity index (χ0v) is 31.1. The van der Waals surface area contributed by atoms with Crippen LogP contribution in [-0.2, 0) is 23.1 Å². The third-order valence-electron chi connectivity index (χ3n) is 9.51. The molecule has 2 aromatic heterocycles. The first-order valence-electron chi connectivity index (χ1n) is 18.7. The summed E-state index contributed by atoms with van der Waals surface area (Å²) in [6.45, 7) is 1.29. The smallest absolute Gasteiger partial charge is 0.394 e. The van der Waals surface area contributed by atoms with Gasteiger partial charge in [-0.1, -0.05) is 90.4 Å². The highest BCUT2D eigenvalue weighted by Gasteiger charge is 2.43. The maximum atomic E-state index is 14.9. The molecule has 5 N–H and O–H groups in total. The molecule has 300 valence electrons. The molecule has 0 aliphatic carbocycles. The van der Waals surface area contributed by atoms with E-state index in [1.807, 2.05) is 0 Å². The van der Waals surface area contributed by atoms with Gasteiger partial charge in [-0.15, -0.1) is 0 Å². The molecule has 4 heterocycles. The van der Waals surface area contributed by atoms with E-state index < -0.39 is 86.5 Å². The van der Waals surface area contributed by atoms with Crippen molar-refractivity contribution < 1.29 is 47.0 Å². The predicted molar refractivity (Wildman–Crippen MR) is 189 cm³/mol. The number of anilines is 1. The van der Waals surface area contributed by atoms with E-state index >= 15 is 0 Å². The molecule has 0 aromatic carbocycles. The quantitative estimate of drug-likeness (QED) is 0.0739. The summed E-state index contributed by atoms with van der Waals surface area (Å²) in [7, 11) is -4.92. The summed E-state index contributed by atoms with van der Waals surface area (Å²) in [4.78, 5) is 52.2. The second-order valence-electron chi connectivity index (χ2n) is 13.7. The highest BCUT2D eigenvalue weighted by molar-refractivity contribution is 7.47. The van der Waals surface area contributed by atoms with E-state index in [4.69, 9.17) is 18.5 Å². The van der Waals surface area contributed by atoms with Crippen LogP contribution in [0.15, 0.2) is 26.8 Å². The van der Waals surface area contributed by atoms with Gasteiger partial charge in [-0.25, -0.2) is 18.5 Å². The molecule has 2 fully saturated rings. The van der Waals surface area contributed by atoms with Crippen molar-refractivity contribution in [3.8, 4) is 0 Å². The monoisotopic (exact) mass is 777 g/mol. The fourth-order valence-corrected chi connectivity index (χ4v) is 7.49. The Morgan fingerprint density at radius 2 is 1.45 bits per heavy atom. The second-order valence-corrected chi connectivity index (χ2v) is 15.1. The molecule has 2 aliphatic heterocycles. The molecule has 53 heavy (non-hydrogen) atoms. The minimum absolute atomic E-state index is 0.174. The van der Waals surface area contributed by atoms with Crippen LogP contribution in [0, 0.1) is 11.6 Å². The van der Waals surface area contributed by atoms with Crippen LogP contribution >= 0.6 is 7.82 Å². The summed E-state index contributed by atoms with van der Waals surface area (Å²) in [6.07, 6.45) is 10.7. The number of unbranched alkanes of at least 4 members (excludes halogenated alkanes) is 13. The molecular formula is C34H54F2N5O11P. The highest BCUT2D eigenvalue weighted by Crippen LogP contribution is 2.49. The number of ether oxygens (including phenoxy) is 2. The van der Waals surface area contributed by atoms with Gasteiger partial charge in [0, 0.05) is 19.4 Å². The number of nitrogens with zero attached hydrogens (tertiary/aromatic N) is 3. The van der Waals surface area contributed by atoms with Gasteiger partial charge in [-0.05, 0) is 6.42 Å². The van der Waals surface area contributed by atoms with Crippen molar-refractivity contribution in [2.24, 2.45) is 0 Å². The number of hydrogen-bond donors (Lipinski definition) is 5. The van der Waals surface area contributed by atoms with Crippen molar-refractivity contribution in [2.75, 3.05) is 25.1 Å². The van der Waals surface area contributed by atoms with Crippen LogP contribution in [-0.4, -0.2) is 78.4 Å². The van der Waals surface area contributed by atoms with Crippen LogP contribution < -0.4 is 22.3 Å². The van der Waals surface area contributed by atoms with Crippen LogP contribution in [0.4, 0.5) is 14.6 Å². The van der Waals surface area contributed by atoms with Gasteiger partial charge in [0.05, 0.1) is 31.7 Å². The molecule has 2 aromatic rings. The van der Waals surface area contributed by atoms with Crippen LogP contribution in [0.25, 0.3) is 0 Å². The number of H-pyrrole nitrogens is 1. The van der Waals surface area contributed by atoms with E-state index in [0.29, 0.717) is 17.3 Å². The van der Waals surface area contributed by atoms with Crippen LogP contribution in [0.3, 0.4) is 0 Å². The van der Waals surface area contributed by atoms with Crippen molar-refractivity contribution in [3.63, 3.8) is 0 Å². The number of aliphatic hydroxyl groups excluding tert-OH is 2. The number of halogens is 2. The standard InChI is InChI=1S/C34H54F2N5O11P/c1-2-3-4-5-6-7-8-9-10-11-12-13-14-15-16-37-31-23(35)19-40(33(45)38-31)29-17-25(43)28(51-29)22-49-53(47,48)52-26-18-30(50-27(26)21-42)41-20-24(36)32(44)39-34(41)46/h19-20,25-30,42-43H,2-18,21-22H2,1H3,(H,47,48)(H,37,38,45)(H,39,44,46)/t25-,26?,27+,28+,29+,30+/m0/s1. The first kappa shape index (κ1) is 42.9. The molecule has 2 saturated heterocycles. The van der Waals surface area contributed by atoms with Crippen molar-refractivity contribution in [1.82, 2.24) is 19.1 Å². The van der Waals surface area contributed by atoms with E-state index in [1.54, 1.807) is 4.98 Å². The maximum absolute atomic E-state index is 14.9. The van der Waals surface area contributed by atoms with Crippen LogP contribution in [0.2, 0.25) is 0 Å². The van der Waals surface area contributed by atoms with Gasteiger partial charge in [0.2, 0.25) is 5.82 Å². The largest absolute Gasteiger partial charge is 0.472 e. The zero-order valence-electron chi connectivity index (χ0n) is 30.2. The third kappa shape index (κ3) is 13.2. The van der Waals surface area contributed by atoms with Gasteiger partial charge >= 0.3 is 19.2 Å². The van der Waals surface area contributed by atoms with E-state index in [2.05, 4.69) is 17.2 Å². The molecular weight excluding hydrogens is 723 g/mol. The number of aliphatic hydroxyl groups is 2. The normalized spacial score (nSPS) is 24.1. The second kappa shape index (κ2) is 21.3. The van der Waals surface area contributed by atoms with Gasteiger partial charge in [-0.2, -0.15) is 9.37 Å². The average Bonchev–Trinajstić information content (AvgIpc) is 3.70. The molecule has 19 heteroatoms. The lowest BCUT2D eigenvalue weighted by molar-refractivity contribution is -0.0577. The van der Waals surface area contributed by atoms with Crippen molar-refractivity contribution >= 4 is 13.6 Å². The Kier molecular flexibility index (Phi) is 17.3. The molecule has 16 nitrogen and oxygen atoms in total. The van der Waals surface area contributed by atoms with Gasteiger partial charge in [0.15, 0.2) is 11.6 Å². The summed E-state index contributed by atoms with van der Waals surface area (Å²) in [6, 6.07) is 0. The SMILES string of the molecule is CCCCCCCCCCCCCCCCNc1nc(=O)n([C@H]2C[C@H](O)[C@@H](COP(=O)(O)OC3C[C@H](n4cc(F)c(=O)[nH]c4=O)O[C@@H]3CO)O2)cc1F. The first-order valence-corrected chi connectivity index (χ1v) is 20.2. The molecule has 2 aliphatic rings. The Labute approximate surface area is 306 Å². The lowest BCUT2D eigenvalue weighted by atomic mass is 10.0. The molecule has 0 amide bonds. The van der Waals surface area contributed by atoms with Gasteiger partial charge in [-0.3, -0.25) is 28.0 Å². The molecule has 4 rings (SSSR count). The first-order chi connectivity index (χ1) is 25.4. The number of aromatic amines is 1. The molecule has 0 bridgehead atoms. The molecule has 0 radical (unpaired) electrons. The van der Waals surface area contributed by atoms with E-state index in [1.165, 1.54) is 64.2 Å². The van der Waals surface area contributed by atoms with E-state index in [9.17, 15) is 42.8 Å². The lowest BCUT2D eigenvalue weighted by Crippen LogP contribution is -2.34. The minimum Gasteiger partial charge on any atom is -0.394 e. The number of phosphoric ester groups is 1. The minimum atomic E-state index is -4.92. The van der Waals surface area contributed by atoms with E-state index in [-0.39, 0.29) is 18.7 Å². The number of aromatic nitrogens is 4. The zero-order chi connectivity index (χ0) is 38.4. The average molecular weight is 778 g/mol. The summed E-state index contributed by atoms with van der Waals surface area (Å²) < 4.78 is 64.3. The highest BCUT2D eigenvalue weighted by atomic mass is 31.2. The Balaban J connectivity index is 1.16. The van der Waals surface area contributed by atoms with Crippen molar-refractivity contribution in [1.29, 1.82) is 0 Å². The van der Waals surface area contributed by atoms with E-state index in [0.717, 1.165) is 36.4 Å². The summed E-state index contributed by atoms with van der Waals surface area (Å²) in [5, 5.41) is 23.1. The third-order valence-corrected chi connectivity index (χ3v) is 10.5. The topological polar surface area (TPSA) is 216 Å². The van der Waals surface area contributed by atoms with Crippen molar-refractivity contribution in [3.05, 3.63) is 55.4 Å². The number of phosphoric acid groups is 1. The Bertz CT molecular complexity index is 1660. The van der Waals surface area contributed by atoms with Crippen LogP contribution in [0.1, 0.15) is 122 Å². The maximum Gasteiger partial charge on any atom is 0.472 e. The van der Waals surface area contributed by atoms with Gasteiger partial charge in [0.1, 0.15) is 30.8 Å². The molecule has 0 saturated carbocycles. The van der Waals surface area contributed by atoms with Crippen molar-refractivity contribution in [2.45, 2.75) is 147 Å². The fourth-order valence-electron chi connectivity index (χ4n) is 6.53. The lowest BCUT2D eigenvalue weighted by Gasteiger charge is -2.22. The number of nitrogens with one attached hydrogen (secondary N) is 2. The number of hydrogen-bond acceptors (Lipinski definition) is 12.